The quantitative estimate of drug-likeness (QED) is 0.142. The van der Waals surface area contributed by atoms with Crippen LogP contribution >= 0.6 is 0 Å². The Morgan fingerprint density at radius 3 is 1.62 bits per heavy atom. The van der Waals surface area contributed by atoms with Crippen molar-refractivity contribution in [2.75, 3.05) is 0 Å². The minimum atomic E-state index is -0.307. The summed E-state index contributed by atoms with van der Waals surface area (Å²) in [6.45, 7) is 0. The molecule has 7 aromatic carbocycles. The van der Waals surface area contributed by atoms with Crippen molar-refractivity contribution >= 4 is 66.5 Å². The lowest BCUT2D eigenvalue weighted by molar-refractivity contribution is 0.563. The highest BCUT2D eigenvalue weighted by molar-refractivity contribution is 6.21. The number of pyridine rings is 1. The minimum absolute atomic E-state index is 0.152. The molecule has 3 aromatic heterocycles. The van der Waals surface area contributed by atoms with Crippen molar-refractivity contribution in [1.82, 2.24) is 30.1 Å². The molecule has 0 fully saturated rings. The summed E-state index contributed by atoms with van der Waals surface area (Å²) in [7, 11) is 0. The highest BCUT2D eigenvalue weighted by Gasteiger charge is 2.33. The van der Waals surface area contributed by atoms with Gasteiger partial charge in [0.2, 0.25) is 0 Å². The number of dihydropyridines is 2. The molecule has 13 rings (SSSR count). The van der Waals surface area contributed by atoms with Gasteiger partial charge in [-0.05, 0) is 65.3 Å². The molecule has 0 saturated heterocycles. The molecule has 0 bridgehead atoms. The second kappa shape index (κ2) is 16.5. The van der Waals surface area contributed by atoms with E-state index in [1.165, 1.54) is 21.5 Å². The second-order valence-corrected chi connectivity index (χ2v) is 17.5. The van der Waals surface area contributed by atoms with Gasteiger partial charge in [0.25, 0.3) is 0 Å². The van der Waals surface area contributed by atoms with Crippen LogP contribution in [0, 0.1) is 0 Å². The first-order valence-electron chi connectivity index (χ1n) is 23.3. The lowest BCUT2D eigenvalue weighted by Crippen LogP contribution is -2.47. The average Bonchev–Trinajstić information content (AvgIpc) is 3.94. The maximum Gasteiger partial charge on any atom is 0.145 e. The molecular weight excluding hydrogens is 831 g/mol. The van der Waals surface area contributed by atoms with Gasteiger partial charge in [-0.15, -0.1) is 0 Å². The van der Waals surface area contributed by atoms with E-state index in [1.807, 2.05) is 0 Å². The highest BCUT2D eigenvalue weighted by Crippen LogP contribution is 2.39. The van der Waals surface area contributed by atoms with E-state index in [0.29, 0.717) is 0 Å². The average molecular weight is 876 g/mol. The van der Waals surface area contributed by atoms with Crippen LogP contribution in [0.5, 0.6) is 0 Å². The molecule has 7 nitrogen and oxygen atoms in total. The fourth-order valence-corrected chi connectivity index (χ4v) is 10.4. The Morgan fingerprint density at radius 2 is 1.00 bits per heavy atom. The highest BCUT2D eigenvalue weighted by atomic mass is 15.2. The van der Waals surface area contributed by atoms with Gasteiger partial charge in [0.05, 0.1) is 57.0 Å². The van der Waals surface area contributed by atoms with Gasteiger partial charge in [-0.3, -0.25) is 14.1 Å². The first kappa shape index (κ1) is 39.4. The van der Waals surface area contributed by atoms with E-state index >= 15 is 0 Å². The monoisotopic (exact) mass is 875 g/mol. The topological polar surface area (TPSA) is 71.2 Å². The van der Waals surface area contributed by atoms with Crippen LogP contribution in [0.2, 0.25) is 0 Å². The Balaban J connectivity index is 0.995. The Hall–Kier alpha value is -8.94. The Morgan fingerprint density at radius 1 is 0.456 bits per heavy atom. The molecule has 324 valence electrons. The molecule has 3 aliphatic heterocycles. The molecule has 0 saturated carbocycles. The first-order valence-corrected chi connectivity index (χ1v) is 23.3. The zero-order valence-corrected chi connectivity index (χ0v) is 37.0. The van der Waals surface area contributed by atoms with E-state index in [1.54, 1.807) is 0 Å². The normalized spacial score (nSPS) is 18.1. The van der Waals surface area contributed by atoms with Crippen molar-refractivity contribution < 1.29 is 0 Å². The van der Waals surface area contributed by atoms with Crippen molar-refractivity contribution in [3.63, 3.8) is 0 Å². The number of allylic oxidation sites excluding steroid dienone is 5. The van der Waals surface area contributed by atoms with Crippen LogP contribution in [0.15, 0.2) is 253 Å². The smallest absolute Gasteiger partial charge is 0.145 e. The Kier molecular flexibility index (Phi) is 9.56. The summed E-state index contributed by atoms with van der Waals surface area (Å²) in [5.41, 5.74) is 13.5. The summed E-state index contributed by atoms with van der Waals surface area (Å²) in [5, 5.41) is 16.8. The zero-order chi connectivity index (χ0) is 45.0. The van der Waals surface area contributed by atoms with Crippen LogP contribution in [-0.4, -0.2) is 31.9 Å². The Bertz CT molecular complexity index is 3670. The SMILES string of the molecule is C1=CC(C2C=C(C3=C(c4ccccc4)NC(c4ccccc4)N=C3c3ccccc3)C=C(c3cccc(-n4c5ccccc5c5ccccc54)n3)N2)NC(n2c3ccccc3c3ccccc32)=C1. The molecule has 3 N–H and O–H groups in total. The van der Waals surface area contributed by atoms with Gasteiger partial charge in [-0.1, -0.05) is 188 Å². The minimum Gasteiger partial charge on any atom is -0.375 e. The van der Waals surface area contributed by atoms with Crippen LogP contribution in [0.3, 0.4) is 0 Å². The van der Waals surface area contributed by atoms with E-state index in [4.69, 9.17) is 9.98 Å². The van der Waals surface area contributed by atoms with Crippen molar-refractivity contribution in [1.29, 1.82) is 0 Å². The number of nitrogens with one attached hydrogen (secondary N) is 3. The summed E-state index contributed by atoms with van der Waals surface area (Å²) < 4.78 is 4.64. The number of hydrogen-bond donors (Lipinski definition) is 3. The van der Waals surface area contributed by atoms with Gasteiger partial charge >= 0.3 is 0 Å². The van der Waals surface area contributed by atoms with Crippen LogP contribution < -0.4 is 16.0 Å². The molecular formula is C61H45N7. The molecule has 0 spiro atoms. The third-order valence-electron chi connectivity index (χ3n) is 13.4. The van der Waals surface area contributed by atoms with Gasteiger partial charge in [-0.2, -0.15) is 0 Å². The fourth-order valence-electron chi connectivity index (χ4n) is 10.4. The Labute approximate surface area is 394 Å². The van der Waals surface area contributed by atoms with Crippen molar-refractivity contribution in [2.24, 2.45) is 4.99 Å². The van der Waals surface area contributed by atoms with E-state index < -0.39 is 0 Å². The van der Waals surface area contributed by atoms with E-state index in [0.717, 1.165) is 84.3 Å². The summed E-state index contributed by atoms with van der Waals surface area (Å²) in [6.07, 6.45) is 11.0. The van der Waals surface area contributed by atoms with E-state index in [9.17, 15) is 0 Å². The predicted molar refractivity (Wildman–Crippen MR) is 280 cm³/mol. The van der Waals surface area contributed by atoms with Crippen molar-refractivity contribution in [3.05, 3.63) is 270 Å². The number of aromatic nitrogens is 3. The van der Waals surface area contributed by atoms with Crippen LogP contribution in [0.4, 0.5) is 0 Å². The largest absolute Gasteiger partial charge is 0.375 e. The van der Waals surface area contributed by atoms with E-state index in [2.05, 4.69) is 262 Å². The molecule has 10 aromatic rings. The summed E-state index contributed by atoms with van der Waals surface area (Å²) in [6, 6.07) is 72.3. The molecule has 3 atom stereocenters. The van der Waals surface area contributed by atoms with Gasteiger partial charge in [0, 0.05) is 32.7 Å². The number of fused-ring (bicyclic) bond motifs is 6. The summed E-state index contributed by atoms with van der Waals surface area (Å²) in [5.74, 6) is 1.86. The number of para-hydroxylation sites is 4. The van der Waals surface area contributed by atoms with Crippen LogP contribution in [0.25, 0.3) is 66.6 Å². The standard InChI is InChI=1S/C61H45N7/c1-4-20-40(21-5-1)59-58(60(41-22-6-2-7-23-41)66-61(65-59)42-24-8-3-9-25-42)43-38-50(48-30-18-36-56(63-48)67-52-32-14-10-26-44(52)45-27-11-15-33-53(45)67)62-51(39-43)49-31-19-37-57(64-49)68-54-34-16-12-28-46(54)47-29-13-17-35-55(47)68/h1-39,48,50,61-63,65H. The van der Waals surface area contributed by atoms with Crippen LogP contribution in [-0.2, 0) is 0 Å². The maximum absolute atomic E-state index is 5.60. The van der Waals surface area contributed by atoms with Crippen molar-refractivity contribution in [2.45, 2.75) is 18.2 Å². The summed E-state index contributed by atoms with van der Waals surface area (Å²) in [4.78, 5) is 11.1. The number of benzene rings is 7. The molecule has 0 amide bonds. The fraction of sp³-hybridized carbons (Fsp3) is 0.0492. The lowest BCUT2D eigenvalue weighted by atomic mass is 9.85. The number of rotatable bonds is 8. The molecule has 0 radical (unpaired) electrons. The third-order valence-corrected chi connectivity index (χ3v) is 13.4. The number of nitrogens with zero attached hydrogens (tertiary/aromatic N) is 4. The van der Waals surface area contributed by atoms with Crippen LogP contribution in [0.1, 0.15) is 28.6 Å². The second-order valence-electron chi connectivity index (χ2n) is 17.5. The number of aliphatic imine (C=N–C) groups is 1. The molecule has 7 heteroatoms. The van der Waals surface area contributed by atoms with Gasteiger partial charge < -0.3 is 16.0 Å². The maximum atomic E-state index is 5.60. The zero-order valence-electron chi connectivity index (χ0n) is 37.0. The lowest BCUT2D eigenvalue weighted by Gasteiger charge is -2.35. The predicted octanol–water partition coefficient (Wildman–Crippen LogP) is 12.8. The third kappa shape index (κ3) is 6.74. The van der Waals surface area contributed by atoms with Crippen molar-refractivity contribution in [3.8, 4) is 5.82 Å². The van der Waals surface area contributed by atoms with Gasteiger partial charge in [-0.25, -0.2) is 4.98 Å². The molecule has 3 unspecified atom stereocenters. The van der Waals surface area contributed by atoms with Gasteiger partial charge in [0.15, 0.2) is 0 Å². The molecule has 0 aliphatic carbocycles. The molecule has 68 heavy (non-hydrogen) atoms. The van der Waals surface area contributed by atoms with E-state index in [-0.39, 0.29) is 18.2 Å². The summed E-state index contributed by atoms with van der Waals surface area (Å²) >= 11 is 0. The van der Waals surface area contributed by atoms with Gasteiger partial charge in [0.1, 0.15) is 17.8 Å². The molecule has 6 heterocycles. The first-order chi connectivity index (χ1) is 33.7. The molecule has 3 aliphatic rings. The number of hydrogen-bond acceptors (Lipinski definition) is 5.